The zero-order valence-corrected chi connectivity index (χ0v) is 32.3. The largest absolute Gasteiger partial charge is 0.529 e. The van der Waals surface area contributed by atoms with Crippen molar-refractivity contribution in [3.05, 3.63) is 12.2 Å². The average molecular weight is 673 g/mol. The van der Waals surface area contributed by atoms with Gasteiger partial charge in [0.25, 0.3) is 0 Å². The Labute approximate surface area is 287 Å². The van der Waals surface area contributed by atoms with Crippen LogP contribution in [0.25, 0.3) is 0 Å². The zero-order chi connectivity index (χ0) is 34.2. The predicted molar refractivity (Wildman–Crippen MR) is 198 cm³/mol. The van der Waals surface area contributed by atoms with E-state index in [0.29, 0.717) is 17.4 Å². The first-order valence-electron chi connectivity index (χ1n) is 19.8. The molecule has 2 atom stereocenters. The molecule has 0 amide bonds. The van der Waals surface area contributed by atoms with Crippen molar-refractivity contribution >= 4 is 13.8 Å². The monoisotopic (exact) mass is 673 g/mol. The predicted octanol–water partition coefficient (Wildman–Crippen LogP) is 12.5. The normalized spacial score (nSPS) is 14.1. The molecule has 46 heavy (non-hydrogen) atoms. The summed E-state index contributed by atoms with van der Waals surface area (Å²) in [6.45, 7) is 5.16. The Bertz CT molecular complexity index is 751. The average Bonchev–Trinajstić information content (AvgIpc) is 2.99. The molecule has 0 saturated heterocycles. The van der Waals surface area contributed by atoms with Gasteiger partial charge in [0.2, 0.25) is 0 Å². The molecule has 7 heteroatoms. The van der Waals surface area contributed by atoms with Gasteiger partial charge in [-0.25, -0.2) is 4.57 Å². The first kappa shape index (κ1) is 45.3. The second-order valence-electron chi connectivity index (χ2n) is 14.8. The number of hydrogen-bond donors (Lipinski definition) is 1. The lowest BCUT2D eigenvalue weighted by molar-refractivity contribution is -0.870. The number of quaternary nitrogens is 1. The number of nitrogens with zero attached hydrogens (tertiary/aromatic N) is 1. The van der Waals surface area contributed by atoms with Crippen LogP contribution in [0.1, 0.15) is 194 Å². The Balaban J connectivity index is 4.34. The van der Waals surface area contributed by atoms with Crippen LogP contribution in [0.2, 0.25) is 0 Å². The van der Waals surface area contributed by atoms with E-state index < -0.39 is 13.8 Å². The van der Waals surface area contributed by atoms with Gasteiger partial charge in [0.15, 0.2) is 0 Å². The number of phosphoric acid groups is 1. The minimum absolute atomic E-state index is 0.0710. The zero-order valence-electron chi connectivity index (χ0n) is 31.4. The maximum atomic E-state index is 13.0. The molecular formula is C39H79NO5P+. The fourth-order valence-electron chi connectivity index (χ4n) is 5.89. The Morgan fingerprint density at radius 2 is 0.957 bits per heavy atom. The molecule has 0 aliphatic carbocycles. The second kappa shape index (κ2) is 31.6. The smallest absolute Gasteiger partial charge is 0.370 e. The number of hydrogen-bond acceptors (Lipinski definition) is 4. The van der Waals surface area contributed by atoms with E-state index in [0.717, 1.165) is 44.9 Å². The molecule has 0 spiro atoms. The summed E-state index contributed by atoms with van der Waals surface area (Å²) in [5.41, 5.74) is 0. The summed E-state index contributed by atoms with van der Waals surface area (Å²) in [5.74, 6) is -0.902. The second-order valence-corrected chi connectivity index (χ2v) is 16.2. The highest BCUT2D eigenvalue weighted by Crippen LogP contribution is 2.44. The molecule has 2 unspecified atom stereocenters. The van der Waals surface area contributed by atoms with Crippen LogP contribution in [-0.4, -0.2) is 49.6 Å². The van der Waals surface area contributed by atoms with E-state index >= 15 is 0 Å². The summed E-state index contributed by atoms with van der Waals surface area (Å²) in [6, 6.07) is 0. The molecule has 6 nitrogen and oxygen atoms in total. The third kappa shape index (κ3) is 33.2. The lowest BCUT2D eigenvalue weighted by Crippen LogP contribution is -2.37. The van der Waals surface area contributed by atoms with Crippen molar-refractivity contribution in [2.45, 2.75) is 194 Å². The summed E-state index contributed by atoms with van der Waals surface area (Å²) in [7, 11) is 1.55. The molecule has 1 N–H and O–H groups in total. The number of phosphoric ester groups is 1. The Kier molecular flexibility index (Phi) is 31.1. The maximum Gasteiger partial charge on any atom is 0.529 e. The molecule has 0 aliphatic heterocycles. The highest BCUT2D eigenvalue weighted by molar-refractivity contribution is 7.48. The molecule has 0 saturated carbocycles. The SMILES string of the molecule is CCCCCCCC/C=C\CCCCCCC(CCCCCCCCCCCCCCCC)C(=O)OP(=O)(O)OCC[N+](C)(C)C. The maximum absolute atomic E-state index is 13.0. The quantitative estimate of drug-likeness (QED) is 0.0314. The van der Waals surface area contributed by atoms with Crippen molar-refractivity contribution < 1.29 is 27.8 Å². The summed E-state index contributed by atoms with van der Waals surface area (Å²) in [4.78, 5) is 23.2. The molecule has 0 radical (unpaired) electrons. The van der Waals surface area contributed by atoms with Crippen molar-refractivity contribution in [3.8, 4) is 0 Å². The highest BCUT2D eigenvalue weighted by Gasteiger charge is 2.31. The van der Waals surface area contributed by atoms with E-state index in [1.807, 2.05) is 21.1 Å². The van der Waals surface area contributed by atoms with Crippen molar-refractivity contribution in [2.75, 3.05) is 34.3 Å². The lowest BCUT2D eigenvalue weighted by Gasteiger charge is -2.24. The highest BCUT2D eigenvalue weighted by atomic mass is 31.2. The topological polar surface area (TPSA) is 72.8 Å². The molecule has 0 heterocycles. The fraction of sp³-hybridized carbons (Fsp3) is 0.923. The van der Waals surface area contributed by atoms with Gasteiger partial charge in [-0.2, -0.15) is 0 Å². The standard InChI is InChI=1S/C39H78NO5P/c1-6-8-10-12-14-16-18-20-22-24-26-28-30-32-34-38(39(41)45-46(42,43)44-37-36-40(3,4)5)35-33-31-29-27-25-23-21-19-17-15-13-11-9-7-2/h20,22,38H,6-19,21,23-37H2,1-5H3/p+1/b22-20-. The molecule has 0 aliphatic rings. The van der Waals surface area contributed by atoms with Gasteiger partial charge in [-0.1, -0.05) is 167 Å². The van der Waals surface area contributed by atoms with E-state index in [1.54, 1.807) is 0 Å². The van der Waals surface area contributed by atoms with E-state index in [1.165, 1.54) is 128 Å². The summed E-state index contributed by atoms with van der Waals surface area (Å²) < 4.78 is 23.3. The number of allylic oxidation sites excluding steroid dienone is 2. The van der Waals surface area contributed by atoms with Crippen LogP contribution >= 0.6 is 7.82 Å². The number of carbonyl (C=O) groups excluding carboxylic acids is 1. The number of likely N-dealkylation sites (N-methyl/N-ethyl adjacent to an activating group) is 1. The van der Waals surface area contributed by atoms with Crippen LogP contribution in [0.3, 0.4) is 0 Å². The van der Waals surface area contributed by atoms with Crippen LogP contribution in [0, 0.1) is 5.92 Å². The van der Waals surface area contributed by atoms with Gasteiger partial charge in [0, 0.05) is 0 Å². The third-order valence-corrected chi connectivity index (χ3v) is 9.95. The molecule has 0 bridgehead atoms. The van der Waals surface area contributed by atoms with Crippen LogP contribution in [-0.2, 0) is 18.4 Å². The van der Waals surface area contributed by atoms with E-state index in [-0.39, 0.29) is 12.5 Å². The Morgan fingerprint density at radius 3 is 1.33 bits per heavy atom. The number of rotatable bonds is 35. The van der Waals surface area contributed by atoms with Gasteiger partial charge in [0.05, 0.1) is 27.1 Å². The molecule has 0 rings (SSSR count). The molecule has 0 aromatic heterocycles. The van der Waals surface area contributed by atoms with Gasteiger partial charge in [-0.3, -0.25) is 14.2 Å². The first-order chi connectivity index (χ1) is 22.1. The van der Waals surface area contributed by atoms with Gasteiger partial charge in [-0.15, -0.1) is 0 Å². The van der Waals surface area contributed by atoms with Crippen molar-refractivity contribution in [2.24, 2.45) is 5.92 Å². The van der Waals surface area contributed by atoms with Crippen molar-refractivity contribution in [1.82, 2.24) is 0 Å². The van der Waals surface area contributed by atoms with Gasteiger partial charge >= 0.3 is 13.8 Å². The summed E-state index contributed by atoms with van der Waals surface area (Å²) in [6.07, 6.45) is 39.0. The molecule has 274 valence electrons. The Hall–Kier alpha value is -0.680. The van der Waals surface area contributed by atoms with Gasteiger partial charge in [-0.05, 0) is 38.5 Å². The van der Waals surface area contributed by atoms with Crippen LogP contribution in [0.5, 0.6) is 0 Å². The van der Waals surface area contributed by atoms with E-state index in [4.69, 9.17) is 9.05 Å². The number of carbonyl (C=O) groups is 1. The molecular weight excluding hydrogens is 593 g/mol. The van der Waals surface area contributed by atoms with Gasteiger partial charge in [0.1, 0.15) is 13.2 Å². The molecule has 0 fully saturated rings. The van der Waals surface area contributed by atoms with E-state index in [2.05, 4.69) is 26.0 Å². The van der Waals surface area contributed by atoms with Crippen molar-refractivity contribution in [3.63, 3.8) is 0 Å². The van der Waals surface area contributed by atoms with Crippen molar-refractivity contribution in [1.29, 1.82) is 0 Å². The van der Waals surface area contributed by atoms with E-state index in [9.17, 15) is 14.3 Å². The van der Waals surface area contributed by atoms with Crippen LogP contribution < -0.4 is 0 Å². The summed E-state index contributed by atoms with van der Waals surface area (Å²) >= 11 is 0. The lowest BCUT2D eigenvalue weighted by atomic mass is 9.94. The van der Waals surface area contributed by atoms with Crippen LogP contribution in [0.15, 0.2) is 12.2 Å². The first-order valence-corrected chi connectivity index (χ1v) is 21.3. The molecule has 0 aromatic carbocycles. The third-order valence-electron chi connectivity index (χ3n) is 9.03. The summed E-state index contributed by atoms with van der Waals surface area (Å²) in [5, 5.41) is 0. The Morgan fingerprint density at radius 1 is 0.609 bits per heavy atom. The fourth-order valence-corrected chi connectivity index (χ4v) is 6.64. The number of unbranched alkanes of at least 4 members (excludes halogenated alkanes) is 23. The van der Waals surface area contributed by atoms with Crippen LogP contribution in [0.4, 0.5) is 0 Å². The minimum atomic E-state index is -4.40. The minimum Gasteiger partial charge on any atom is -0.370 e. The van der Waals surface area contributed by atoms with Gasteiger partial charge < -0.3 is 9.01 Å². The molecule has 0 aromatic rings.